The zero-order valence-electron chi connectivity index (χ0n) is 12.4. The van der Waals surface area contributed by atoms with Gasteiger partial charge < -0.3 is 10.5 Å². The van der Waals surface area contributed by atoms with Gasteiger partial charge in [-0.1, -0.05) is 19.8 Å². The van der Waals surface area contributed by atoms with Crippen molar-refractivity contribution in [2.75, 3.05) is 19.6 Å². The van der Waals surface area contributed by atoms with E-state index in [0.29, 0.717) is 12.1 Å². The first-order chi connectivity index (χ1) is 9.22. The summed E-state index contributed by atoms with van der Waals surface area (Å²) in [5.41, 5.74) is 6.27. The minimum Gasteiger partial charge on any atom is -0.370 e. The van der Waals surface area contributed by atoms with Crippen LogP contribution in [-0.4, -0.2) is 42.3 Å². The van der Waals surface area contributed by atoms with Gasteiger partial charge >= 0.3 is 0 Å². The lowest BCUT2D eigenvalue weighted by atomic mass is 9.90. The molecule has 3 aliphatic rings. The zero-order chi connectivity index (χ0) is 13.3. The molecule has 0 amide bonds. The van der Waals surface area contributed by atoms with Gasteiger partial charge in [0, 0.05) is 19.1 Å². The Morgan fingerprint density at radius 1 is 1.16 bits per heavy atom. The van der Waals surface area contributed by atoms with Gasteiger partial charge in [-0.25, -0.2) is 0 Å². The Balaban J connectivity index is 1.56. The third-order valence-electron chi connectivity index (χ3n) is 5.76. The SMILES string of the molecule is CC1CCCN(CC2CCC3(CCCC3)O2)C1CN. The maximum absolute atomic E-state index is 6.46. The highest BCUT2D eigenvalue weighted by Gasteiger charge is 2.43. The summed E-state index contributed by atoms with van der Waals surface area (Å²) in [6.45, 7) is 5.50. The highest BCUT2D eigenvalue weighted by Crippen LogP contribution is 2.43. The second-order valence-electron chi connectivity index (χ2n) is 7.09. The van der Waals surface area contributed by atoms with Crippen LogP contribution in [0.4, 0.5) is 0 Å². The smallest absolute Gasteiger partial charge is 0.0710 e. The molecular weight excluding hydrogens is 236 g/mol. The molecule has 0 bridgehead atoms. The number of nitrogens with zero attached hydrogens (tertiary/aromatic N) is 1. The van der Waals surface area contributed by atoms with Gasteiger partial charge in [0.15, 0.2) is 0 Å². The van der Waals surface area contributed by atoms with Crippen molar-refractivity contribution in [3.63, 3.8) is 0 Å². The molecule has 2 N–H and O–H groups in total. The van der Waals surface area contributed by atoms with Crippen molar-refractivity contribution in [3.8, 4) is 0 Å². The van der Waals surface area contributed by atoms with Gasteiger partial charge in [-0.15, -0.1) is 0 Å². The van der Waals surface area contributed by atoms with Crippen LogP contribution in [-0.2, 0) is 4.74 Å². The second-order valence-corrected chi connectivity index (χ2v) is 7.09. The lowest BCUT2D eigenvalue weighted by Crippen LogP contribution is -2.51. The van der Waals surface area contributed by atoms with Crippen LogP contribution in [0.2, 0.25) is 0 Å². The summed E-state index contributed by atoms with van der Waals surface area (Å²) < 4.78 is 6.46. The lowest BCUT2D eigenvalue weighted by Gasteiger charge is -2.40. The third kappa shape index (κ3) is 2.84. The monoisotopic (exact) mass is 266 g/mol. The summed E-state index contributed by atoms with van der Waals surface area (Å²) in [5.74, 6) is 0.751. The van der Waals surface area contributed by atoms with E-state index in [1.807, 2.05) is 0 Å². The van der Waals surface area contributed by atoms with E-state index in [1.165, 1.54) is 57.9 Å². The Kier molecular flexibility index (Phi) is 4.16. The molecule has 3 rings (SSSR count). The Bertz CT molecular complexity index is 301. The first-order valence-corrected chi connectivity index (χ1v) is 8.34. The summed E-state index contributed by atoms with van der Waals surface area (Å²) in [5, 5.41) is 0. The molecule has 1 spiro atoms. The van der Waals surface area contributed by atoms with E-state index in [9.17, 15) is 0 Å². The molecule has 1 aliphatic carbocycles. The molecule has 110 valence electrons. The number of nitrogens with two attached hydrogens (primary N) is 1. The molecular formula is C16H30N2O. The van der Waals surface area contributed by atoms with Crippen LogP contribution in [0, 0.1) is 5.92 Å². The van der Waals surface area contributed by atoms with Crippen molar-refractivity contribution in [1.82, 2.24) is 4.90 Å². The van der Waals surface area contributed by atoms with E-state index in [4.69, 9.17) is 10.5 Å². The van der Waals surface area contributed by atoms with E-state index in [-0.39, 0.29) is 5.60 Å². The molecule has 19 heavy (non-hydrogen) atoms. The summed E-state index contributed by atoms with van der Waals surface area (Å²) in [6.07, 6.45) is 11.1. The van der Waals surface area contributed by atoms with E-state index >= 15 is 0 Å². The van der Waals surface area contributed by atoms with E-state index in [2.05, 4.69) is 11.8 Å². The molecule has 3 nitrogen and oxygen atoms in total. The van der Waals surface area contributed by atoms with Crippen LogP contribution in [0.25, 0.3) is 0 Å². The standard InChI is InChI=1S/C16H30N2O/c1-13-5-4-10-18(15(13)11-17)12-14-6-9-16(19-14)7-2-3-8-16/h13-15H,2-12,17H2,1H3. The normalized spacial score (nSPS) is 39.2. The van der Waals surface area contributed by atoms with Crippen molar-refractivity contribution in [3.05, 3.63) is 0 Å². The molecule has 0 aromatic carbocycles. The third-order valence-corrected chi connectivity index (χ3v) is 5.76. The van der Waals surface area contributed by atoms with Crippen LogP contribution in [0.1, 0.15) is 58.3 Å². The maximum Gasteiger partial charge on any atom is 0.0710 e. The fourth-order valence-electron chi connectivity index (χ4n) is 4.62. The molecule has 1 saturated carbocycles. The van der Waals surface area contributed by atoms with Gasteiger partial charge in [0.25, 0.3) is 0 Å². The van der Waals surface area contributed by atoms with Crippen molar-refractivity contribution in [2.45, 2.75) is 76.0 Å². The highest BCUT2D eigenvalue weighted by molar-refractivity contribution is 4.94. The molecule has 2 heterocycles. The lowest BCUT2D eigenvalue weighted by molar-refractivity contribution is -0.0568. The Morgan fingerprint density at radius 3 is 2.68 bits per heavy atom. The van der Waals surface area contributed by atoms with Gasteiger partial charge in [0.05, 0.1) is 11.7 Å². The van der Waals surface area contributed by atoms with Crippen molar-refractivity contribution >= 4 is 0 Å². The number of hydrogen-bond acceptors (Lipinski definition) is 3. The van der Waals surface area contributed by atoms with Crippen LogP contribution < -0.4 is 5.73 Å². The second kappa shape index (κ2) is 5.71. The minimum atomic E-state index is 0.282. The number of hydrogen-bond donors (Lipinski definition) is 1. The van der Waals surface area contributed by atoms with Crippen LogP contribution in [0.5, 0.6) is 0 Å². The summed E-state index contributed by atoms with van der Waals surface area (Å²) in [7, 11) is 0. The number of piperidine rings is 1. The van der Waals surface area contributed by atoms with E-state index < -0.39 is 0 Å². The summed E-state index contributed by atoms with van der Waals surface area (Å²) in [4.78, 5) is 2.62. The minimum absolute atomic E-state index is 0.282. The average Bonchev–Trinajstić information content (AvgIpc) is 3.01. The average molecular weight is 266 g/mol. The largest absolute Gasteiger partial charge is 0.370 e. The molecule has 3 unspecified atom stereocenters. The van der Waals surface area contributed by atoms with Crippen molar-refractivity contribution < 1.29 is 4.74 Å². The van der Waals surface area contributed by atoms with Gasteiger partial charge in [0.1, 0.15) is 0 Å². The van der Waals surface area contributed by atoms with Crippen LogP contribution in [0.3, 0.4) is 0 Å². The van der Waals surface area contributed by atoms with E-state index in [0.717, 1.165) is 19.0 Å². The van der Waals surface area contributed by atoms with Crippen molar-refractivity contribution in [1.29, 1.82) is 0 Å². The summed E-state index contributed by atoms with van der Waals surface area (Å²) in [6, 6.07) is 0.581. The molecule has 3 atom stereocenters. The van der Waals surface area contributed by atoms with Crippen LogP contribution >= 0.6 is 0 Å². The Morgan fingerprint density at radius 2 is 1.95 bits per heavy atom. The number of likely N-dealkylation sites (tertiary alicyclic amines) is 1. The molecule has 3 heteroatoms. The van der Waals surface area contributed by atoms with E-state index in [1.54, 1.807) is 0 Å². The van der Waals surface area contributed by atoms with Crippen molar-refractivity contribution in [2.24, 2.45) is 11.7 Å². The summed E-state index contributed by atoms with van der Waals surface area (Å²) >= 11 is 0. The molecule has 3 fully saturated rings. The predicted octanol–water partition coefficient (Wildman–Crippen LogP) is 2.54. The Hall–Kier alpha value is -0.120. The fraction of sp³-hybridized carbons (Fsp3) is 1.00. The highest BCUT2D eigenvalue weighted by atomic mass is 16.5. The molecule has 0 aromatic heterocycles. The van der Waals surface area contributed by atoms with Gasteiger partial charge in [-0.3, -0.25) is 4.90 Å². The molecule has 2 aliphatic heterocycles. The topological polar surface area (TPSA) is 38.5 Å². The number of rotatable bonds is 3. The molecule has 0 radical (unpaired) electrons. The van der Waals surface area contributed by atoms with Crippen LogP contribution in [0.15, 0.2) is 0 Å². The number of ether oxygens (including phenoxy) is 1. The first-order valence-electron chi connectivity index (χ1n) is 8.34. The van der Waals surface area contributed by atoms with Gasteiger partial charge in [-0.05, 0) is 51.0 Å². The first kappa shape index (κ1) is 13.8. The quantitative estimate of drug-likeness (QED) is 0.853. The van der Waals surface area contributed by atoms with Gasteiger partial charge in [0.2, 0.25) is 0 Å². The maximum atomic E-state index is 6.46. The predicted molar refractivity (Wildman–Crippen MR) is 78.1 cm³/mol. The molecule has 2 saturated heterocycles. The van der Waals surface area contributed by atoms with Gasteiger partial charge in [-0.2, -0.15) is 0 Å². The fourth-order valence-corrected chi connectivity index (χ4v) is 4.62. The molecule has 0 aromatic rings. The Labute approximate surface area is 117 Å². The zero-order valence-corrected chi connectivity index (χ0v) is 12.4.